The van der Waals surface area contributed by atoms with E-state index in [0.29, 0.717) is 17.9 Å². The molecule has 5 rings (SSSR count). The van der Waals surface area contributed by atoms with Crippen molar-refractivity contribution >= 4 is 28.6 Å². The summed E-state index contributed by atoms with van der Waals surface area (Å²) in [6, 6.07) is 19.5. The summed E-state index contributed by atoms with van der Waals surface area (Å²) in [5.74, 6) is 0.803. The lowest BCUT2D eigenvalue weighted by Crippen LogP contribution is -2.16. The summed E-state index contributed by atoms with van der Waals surface area (Å²) >= 11 is 1.66. The molecule has 0 saturated carbocycles. The van der Waals surface area contributed by atoms with Gasteiger partial charge in [-0.1, -0.05) is 47.7 Å². The zero-order chi connectivity index (χ0) is 20.5. The largest absolute Gasteiger partial charge is 0.298 e. The van der Waals surface area contributed by atoms with E-state index >= 15 is 0 Å². The molecular formula is C23H19N5OS. The van der Waals surface area contributed by atoms with Gasteiger partial charge in [-0.25, -0.2) is 15.0 Å². The Balaban J connectivity index is 1.52. The number of hydrogen-bond acceptors (Lipinski definition) is 5. The van der Waals surface area contributed by atoms with Crippen molar-refractivity contribution in [3.8, 4) is 0 Å². The fourth-order valence-corrected chi connectivity index (χ4v) is 4.33. The minimum Gasteiger partial charge on any atom is -0.298 e. The molecule has 7 heteroatoms. The average molecular weight is 414 g/mol. The first-order chi connectivity index (χ1) is 14.7. The Hall–Kier alpha value is -3.45. The maximum Gasteiger partial charge on any atom is 0.258 e. The van der Waals surface area contributed by atoms with Crippen molar-refractivity contribution in [3.05, 3.63) is 100 Å². The molecule has 0 aliphatic rings. The SMILES string of the molecule is Cc1ccc(CSc2nc3cccnc3n2Cc2cc(=O)n3ccccc3n2)cc1. The second-order valence-corrected chi connectivity index (χ2v) is 8.06. The monoisotopic (exact) mass is 413 g/mol. The van der Waals surface area contributed by atoms with Gasteiger partial charge in [-0.15, -0.1) is 0 Å². The van der Waals surface area contributed by atoms with Gasteiger partial charge in [0.15, 0.2) is 10.8 Å². The molecule has 0 unspecified atom stereocenters. The smallest absolute Gasteiger partial charge is 0.258 e. The third-order valence-electron chi connectivity index (χ3n) is 4.90. The summed E-state index contributed by atoms with van der Waals surface area (Å²) < 4.78 is 3.58. The molecule has 0 atom stereocenters. The van der Waals surface area contributed by atoms with Crippen molar-refractivity contribution < 1.29 is 0 Å². The standard InChI is InChI=1S/C23H19N5OS/c1-16-7-9-17(10-8-16)15-30-23-26-19-5-4-11-24-22(19)28(23)14-18-13-21(29)27-12-3-2-6-20(27)25-18/h2-13H,14-15H2,1H3. The van der Waals surface area contributed by atoms with Crippen LogP contribution in [0.3, 0.4) is 0 Å². The number of fused-ring (bicyclic) bond motifs is 2. The van der Waals surface area contributed by atoms with E-state index in [-0.39, 0.29) is 5.56 Å². The Morgan fingerprint density at radius 2 is 1.87 bits per heavy atom. The van der Waals surface area contributed by atoms with Gasteiger partial charge in [-0.3, -0.25) is 13.8 Å². The van der Waals surface area contributed by atoms with E-state index in [1.807, 2.05) is 34.9 Å². The molecule has 0 fully saturated rings. The Bertz CT molecular complexity index is 1410. The fraction of sp³-hybridized carbons (Fsp3) is 0.130. The molecule has 1 aromatic carbocycles. The highest BCUT2D eigenvalue weighted by molar-refractivity contribution is 7.98. The van der Waals surface area contributed by atoms with Crippen molar-refractivity contribution in [2.75, 3.05) is 0 Å². The fourth-order valence-electron chi connectivity index (χ4n) is 3.37. The van der Waals surface area contributed by atoms with Crippen LogP contribution in [-0.2, 0) is 12.3 Å². The lowest BCUT2D eigenvalue weighted by Gasteiger charge is -2.09. The number of nitrogens with zero attached hydrogens (tertiary/aromatic N) is 5. The normalized spacial score (nSPS) is 11.4. The molecule has 0 N–H and O–H groups in total. The predicted molar refractivity (Wildman–Crippen MR) is 119 cm³/mol. The number of hydrogen-bond donors (Lipinski definition) is 0. The molecule has 148 valence electrons. The first kappa shape index (κ1) is 18.6. The van der Waals surface area contributed by atoms with Gasteiger partial charge < -0.3 is 0 Å². The summed E-state index contributed by atoms with van der Waals surface area (Å²) in [6.45, 7) is 2.52. The average Bonchev–Trinajstić information content (AvgIpc) is 3.11. The summed E-state index contributed by atoms with van der Waals surface area (Å²) in [6.07, 6.45) is 3.49. The Morgan fingerprint density at radius 1 is 1.00 bits per heavy atom. The molecule has 4 aromatic heterocycles. The van der Waals surface area contributed by atoms with Crippen LogP contribution >= 0.6 is 11.8 Å². The van der Waals surface area contributed by atoms with Gasteiger partial charge in [0.1, 0.15) is 11.2 Å². The van der Waals surface area contributed by atoms with Crippen LogP contribution < -0.4 is 5.56 Å². The van der Waals surface area contributed by atoms with E-state index in [4.69, 9.17) is 4.98 Å². The van der Waals surface area contributed by atoms with E-state index in [1.54, 1.807) is 34.6 Å². The molecule has 6 nitrogen and oxygen atoms in total. The van der Waals surface area contributed by atoms with Crippen LogP contribution in [0.1, 0.15) is 16.8 Å². The maximum atomic E-state index is 12.5. The van der Waals surface area contributed by atoms with Crippen LogP contribution in [0.4, 0.5) is 0 Å². The number of thioether (sulfide) groups is 1. The molecule has 0 spiro atoms. The van der Waals surface area contributed by atoms with Crippen molar-refractivity contribution in [2.45, 2.75) is 24.4 Å². The van der Waals surface area contributed by atoms with E-state index in [9.17, 15) is 4.79 Å². The highest BCUT2D eigenvalue weighted by atomic mass is 32.2. The summed E-state index contributed by atoms with van der Waals surface area (Å²) in [4.78, 5) is 26.5. The predicted octanol–water partition coefficient (Wildman–Crippen LogP) is 4.09. The van der Waals surface area contributed by atoms with Crippen molar-refractivity contribution in [1.82, 2.24) is 23.9 Å². The van der Waals surface area contributed by atoms with Gasteiger partial charge >= 0.3 is 0 Å². The lowest BCUT2D eigenvalue weighted by atomic mass is 10.2. The lowest BCUT2D eigenvalue weighted by molar-refractivity contribution is 0.705. The van der Waals surface area contributed by atoms with E-state index in [2.05, 4.69) is 41.2 Å². The zero-order valence-electron chi connectivity index (χ0n) is 16.4. The van der Waals surface area contributed by atoms with Crippen LogP contribution in [0.5, 0.6) is 0 Å². The minimum atomic E-state index is -0.0955. The topological polar surface area (TPSA) is 65.1 Å². The third-order valence-corrected chi connectivity index (χ3v) is 5.95. The maximum absolute atomic E-state index is 12.5. The molecule has 30 heavy (non-hydrogen) atoms. The quantitative estimate of drug-likeness (QED) is 0.406. The van der Waals surface area contributed by atoms with Crippen LogP contribution in [0.25, 0.3) is 16.8 Å². The number of pyridine rings is 2. The molecule has 0 aliphatic carbocycles. The Kier molecular flexibility index (Phi) is 4.80. The molecule has 0 saturated heterocycles. The number of rotatable bonds is 5. The second kappa shape index (κ2) is 7.76. The van der Waals surface area contributed by atoms with Crippen molar-refractivity contribution in [3.63, 3.8) is 0 Å². The van der Waals surface area contributed by atoms with E-state index in [1.165, 1.54) is 11.1 Å². The van der Waals surface area contributed by atoms with Gasteiger partial charge in [0.25, 0.3) is 5.56 Å². The van der Waals surface area contributed by atoms with Crippen LogP contribution in [0.2, 0.25) is 0 Å². The minimum absolute atomic E-state index is 0.0955. The van der Waals surface area contributed by atoms with Gasteiger partial charge in [-0.2, -0.15) is 0 Å². The van der Waals surface area contributed by atoms with Crippen molar-refractivity contribution in [1.29, 1.82) is 0 Å². The van der Waals surface area contributed by atoms with Crippen molar-refractivity contribution in [2.24, 2.45) is 0 Å². The molecule has 4 heterocycles. The zero-order valence-corrected chi connectivity index (χ0v) is 17.2. The highest BCUT2D eigenvalue weighted by Crippen LogP contribution is 2.26. The number of imidazole rings is 1. The Labute approximate surface area is 177 Å². The molecular weight excluding hydrogens is 394 g/mol. The molecule has 0 aliphatic heterocycles. The first-order valence-electron chi connectivity index (χ1n) is 9.64. The van der Waals surface area contributed by atoms with Crippen LogP contribution in [0, 0.1) is 6.92 Å². The molecule has 0 bridgehead atoms. The van der Waals surface area contributed by atoms with Gasteiger partial charge in [0.2, 0.25) is 0 Å². The molecule has 0 amide bonds. The summed E-state index contributed by atoms with van der Waals surface area (Å²) in [7, 11) is 0. The summed E-state index contributed by atoms with van der Waals surface area (Å²) in [5, 5.41) is 0.860. The van der Waals surface area contributed by atoms with E-state index < -0.39 is 0 Å². The van der Waals surface area contributed by atoms with Crippen LogP contribution in [-0.4, -0.2) is 23.9 Å². The van der Waals surface area contributed by atoms with Crippen LogP contribution in [0.15, 0.2) is 83.0 Å². The van der Waals surface area contributed by atoms with Gasteiger partial charge in [0, 0.05) is 24.2 Å². The molecule has 0 radical (unpaired) electrons. The van der Waals surface area contributed by atoms with E-state index in [0.717, 1.165) is 22.1 Å². The number of benzene rings is 1. The second-order valence-electron chi connectivity index (χ2n) is 7.12. The first-order valence-corrected chi connectivity index (χ1v) is 10.6. The van der Waals surface area contributed by atoms with Gasteiger partial charge in [0.05, 0.1) is 12.2 Å². The summed E-state index contributed by atoms with van der Waals surface area (Å²) in [5.41, 5.74) is 5.33. The Morgan fingerprint density at radius 3 is 2.73 bits per heavy atom. The van der Waals surface area contributed by atoms with Gasteiger partial charge in [-0.05, 0) is 36.8 Å². The highest BCUT2D eigenvalue weighted by Gasteiger charge is 2.14. The number of aromatic nitrogens is 5. The third kappa shape index (κ3) is 3.59. The molecule has 5 aromatic rings. The number of aryl methyl sites for hydroxylation is 1.